The molecule has 0 atom stereocenters. The highest BCUT2D eigenvalue weighted by atomic mass is 19.3. The van der Waals surface area contributed by atoms with Crippen LogP contribution in [0.5, 0.6) is 0 Å². The van der Waals surface area contributed by atoms with Crippen molar-refractivity contribution >= 4 is 11.0 Å². The molecule has 0 radical (unpaired) electrons. The summed E-state index contributed by atoms with van der Waals surface area (Å²) in [6, 6.07) is 7.71. The molecule has 0 fully saturated rings. The van der Waals surface area contributed by atoms with E-state index in [0.717, 1.165) is 0 Å². The Morgan fingerprint density at radius 1 is 1.09 bits per heavy atom. The van der Waals surface area contributed by atoms with Crippen LogP contribution in [-0.4, -0.2) is 24.3 Å². The third-order valence-electron chi connectivity index (χ3n) is 5.09. The number of aromatic nitrogens is 5. The average Bonchev–Trinajstić information content (AvgIpc) is 3.52. The highest BCUT2D eigenvalue weighted by Gasteiger charge is 2.19. The van der Waals surface area contributed by atoms with Gasteiger partial charge in [-0.1, -0.05) is 0 Å². The van der Waals surface area contributed by atoms with Crippen LogP contribution in [0.4, 0.5) is 13.2 Å². The summed E-state index contributed by atoms with van der Waals surface area (Å²) in [5, 5.41) is 6.86. The van der Waals surface area contributed by atoms with Gasteiger partial charge in [0, 0.05) is 30.4 Å². The Kier molecular flexibility index (Phi) is 4.65. The van der Waals surface area contributed by atoms with Gasteiger partial charge < -0.3 is 8.83 Å². The van der Waals surface area contributed by atoms with Crippen molar-refractivity contribution < 1.29 is 22.0 Å². The summed E-state index contributed by atoms with van der Waals surface area (Å²) in [6.07, 6.45) is 1.39. The maximum atomic E-state index is 14.8. The number of hydrogen-bond donors (Lipinski definition) is 0. The Balaban J connectivity index is 1.49. The fourth-order valence-corrected chi connectivity index (χ4v) is 3.46. The lowest BCUT2D eigenvalue weighted by molar-refractivity contribution is 0.116. The summed E-state index contributed by atoms with van der Waals surface area (Å²) in [7, 11) is 1.60. The molecule has 0 unspecified atom stereocenters. The molecule has 4 aromatic heterocycles. The molecule has 8 nitrogen and oxygen atoms in total. The van der Waals surface area contributed by atoms with E-state index < -0.39 is 18.1 Å². The summed E-state index contributed by atoms with van der Waals surface area (Å²) >= 11 is 0. The van der Waals surface area contributed by atoms with Crippen LogP contribution in [0.15, 0.2) is 62.7 Å². The minimum Gasteiger partial charge on any atom is -0.472 e. The summed E-state index contributed by atoms with van der Waals surface area (Å²) < 4.78 is 52.8. The van der Waals surface area contributed by atoms with Crippen LogP contribution in [0.2, 0.25) is 0 Å². The van der Waals surface area contributed by atoms with Gasteiger partial charge in [-0.3, -0.25) is 14.1 Å². The largest absolute Gasteiger partial charge is 0.472 e. The minimum absolute atomic E-state index is 0.0765. The molecule has 0 aliphatic heterocycles. The molecule has 32 heavy (non-hydrogen) atoms. The van der Waals surface area contributed by atoms with Gasteiger partial charge >= 0.3 is 12.1 Å². The molecular formula is C21H14F3N5O3. The van der Waals surface area contributed by atoms with Crippen molar-refractivity contribution in [1.29, 1.82) is 0 Å². The minimum atomic E-state index is -2.86. The normalized spacial score (nSPS) is 11.7. The zero-order valence-corrected chi connectivity index (χ0v) is 16.5. The van der Waals surface area contributed by atoms with Crippen LogP contribution in [0.1, 0.15) is 18.0 Å². The lowest BCUT2D eigenvalue weighted by Gasteiger charge is -2.05. The number of furan rings is 1. The zero-order valence-electron chi connectivity index (χ0n) is 16.5. The molecule has 11 heteroatoms. The van der Waals surface area contributed by atoms with E-state index in [4.69, 9.17) is 8.83 Å². The number of hydrogen-bond acceptors (Lipinski definition) is 6. The molecule has 0 spiro atoms. The standard InChI is InChI=1S/C21H14F3N5O3/c1-28-16-6-14(12-4-5-31-10-12)15(22)7-17(16)29(21(28)30)9-13-3-2-11(8-25-13)19-26-27-20(32-19)18(23)24/h2-8,10,18H,9H2,1H3. The van der Waals surface area contributed by atoms with Crippen molar-refractivity contribution in [3.63, 3.8) is 0 Å². The molecule has 0 bridgehead atoms. The first kappa shape index (κ1) is 19.8. The number of alkyl halides is 2. The maximum Gasteiger partial charge on any atom is 0.329 e. The number of halogens is 3. The number of benzene rings is 1. The van der Waals surface area contributed by atoms with Crippen molar-refractivity contribution in [2.45, 2.75) is 13.0 Å². The van der Waals surface area contributed by atoms with Crippen molar-refractivity contribution in [3.05, 3.63) is 76.9 Å². The maximum absolute atomic E-state index is 14.8. The second kappa shape index (κ2) is 7.52. The van der Waals surface area contributed by atoms with E-state index in [2.05, 4.69) is 15.2 Å². The molecule has 5 rings (SSSR count). The Hall–Kier alpha value is -4.15. The van der Waals surface area contributed by atoms with E-state index in [1.165, 1.54) is 33.9 Å². The molecule has 162 valence electrons. The Bertz CT molecular complexity index is 1470. The van der Waals surface area contributed by atoms with Crippen LogP contribution in [-0.2, 0) is 13.6 Å². The smallest absolute Gasteiger partial charge is 0.329 e. The van der Waals surface area contributed by atoms with E-state index in [1.54, 1.807) is 31.3 Å². The van der Waals surface area contributed by atoms with Crippen LogP contribution >= 0.6 is 0 Å². The summed E-state index contributed by atoms with van der Waals surface area (Å²) in [6.45, 7) is 0.0765. The zero-order chi connectivity index (χ0) is 22.4. The lowest BCUT2D eigenvalue weighted by atomic mass is 10.1. The first-order valence-electron chi connectivity index (χ1n) is 9.40. The van der Waals surface area contributed by atoms with Crippen LogP contribution in [0.3, 0.4) is 0 Å². The number of nitrogens with zero attached hydrogens (tertiary/aromatic N) is 5. The van der Waals surface area contributed by atoms with E-state index in [1.807, 2.05) is 0 Å². The first-order valence-corrected chi connectivity index (χ1v) is 9.40. The predicted octanol–water partition coefficient (Wildman–Crippen LogP) is 4.17. The Morgan fingerprint density at radius 2 is 1.94 bits per heavy atom. The number of rotatable bonds is 5. The molecule has 0 amide bonds. The van der Waals surface area contributed by atoms with Gasteiger partial charge in [-0.25, -0.2) is 9.18 Å². The third kappa shape index (κ3) is 3.27. The molecule has 0 aliphatic rings. The Labute approximate surface area is 177 Å². The van der Waals surface area contributed by atoms with Gasteiger partial charge in [-0.05, 0) is 24.3 Å². The van der Waals surface area contributed by atoms with Crippen LogP contribution in [0, 0.1) is 5.82 Å². The monoisotopic (exact) mass is 441 g/mol. The first-order chi connectivity index (χ1) is 15.4. The van der Waals surface area contributed by atoms with Crippen LogP contribution < -0.4 is 5.69 Å². The molecular weight excluding hydrogens is 427 g/mol. The lowest BCUT2D eigenvalue weighted by Crippen LogP contribution is -2.23. The number of imidazole rings is 1. The van der Waals surface area contributed by atoms with Crippen LogP contribution in [0.25, 0.3) is 33.6 Å². The van der Waals surface area contributed by atoms with Crippen molar-refractivity contribution in [1.82, 2.24) is 24.3 Å². The molecule has 0 saturated heterocycles. The molecule has 1 aromatic carbocycles. The summed E-state index contributed by atoms with van der Waals surface area (Å²) in [5.74, 6) is -1.36. The topological polar surface area (TPSA) is 91.9 Å². The number of pyridine rings is 1. The Morgan fingerprint density at radius 3 is 2.59 bits per heavy atom. The number of aryl methyl sites for hydroxylation is 1. The highest BCUT2D eigenvalue weighted by Crippen LogP contribution is 2.28. The average molecular weight is 441 g/mol. The molecule has 0 aliphatic carbocycles. The quantitative estimate of drug-likeness (QED) is 0.407. The van der Waals surface area contributed by atoms with Gasteiger partial charge in [0.25, 0.3) is 5.89 Å². The van der Waals surface area contributed by atoms with Gasteiger partial charge in [0.2, 0.25) is 5.89 Å². The van der Waals surface area contributed by atoms with E-state index in [9.17, 15) is 18.0 Å². The van der Waals surface area contributed by atoms with E-state index in [-0.39, 0.29) is 18.1 Å². The predicted molar refractivity (Wildman–Crippen MR) is 106 cm³/mol. The number of fused-ring (bicyclic) bond motifs is 1. The second-order valence-corrected chi connectivity index (χ2v) is 7.04. The molecule has 5 aromatic rings. The van der Waals surface area contributed by atoms with Gasteiger partial charge in [-0.2, -0.15) is 8.78 Å². The van der Waals surface area contributed by atoms with E-state index >= 15 is 0 Å². The van der Waals surface area contributed by atoms with Gasteiger partial charge in [0.05, 0.1) is 41.4 Å². The molecule has 0 N–H and O–H groups in total. The second-order valence-electron chi connectivity index (χ2n) is 7.04. The van der Waals surface area contributed by atoms with Crippen molar-refractivity contribution in [2.75, 3.05) is 0 Å². The fraction of sp³-hybridized carbons (Fsp3) is 0.143. The SMILES string of the molecule is Cn1c(=O)n(Cc2ccc(-c3nnc(C(F)F)o3)cn2)c2cc(F)c(-c3ccoc3)cc21. The molecule has 4 heterocycles. The van der Waals surface area contributed by atoms with Gasteiger partial charge in [-0.15, -0.1) is 10.2 Å². The van der Waals surface area contributed by atoms with Crippen molar-refractivity contribution in [2.24, 2.45) is 7.05 Å². The van der Waals surface area contributed by atoms with Gasteiger partial charge in [0.1, 0.15) is 5.82 Å². The van der Waals surface area contributed by atoms with Gasteiger partial charge in [0.15, 0.2) is 0 Å². The highest BCUT2D eigenvalue weighted by molar-refractivity contribution is 5.83. The van der Waals surface area contributed by atoms with E-state index in [0.29, 0.717) is 33.4 Å². The van der Waals surface area contributed by atoms with Crippen molar-refractivity contribution in [3.8, 4) is 22.6 Å². The third-order valence-corrected chi connectivity index (χ3v) is 5.09. The summed E-state index contributed by atoms with van der Waals surface area (Å²) in [4.78, 5) is 17.1. The molecule has 0 saturated carbocycles. The summed E-state index contributed by atoms with van der Waals surface area (Å²) in [5.41, 5.74) is 2.36. The fourth-order valence-electron chi connectivity index (χ4n) is 3.46.